The molecule has 0 aliphatic heterocycles. The molecule has 19 heavy (non-hydrogen) atoms. The molecule has 104 valence electrons. The van der Waals surface area contributed by atoms with Crippen LogP contribution in [0.4, 0.5) is 10.1 Å². The Morgan fingerprint density at radius 1 is 1.26 bits per heavy atom. The third-order valence-electron chi connectivity index (χ3n) is 3.24. The Labute approximate surface area is 115 Å². The highest BCUT2D eigenvalue weighted by Crippen LogP contribution is 2.18. The fourth-order valence-electron chi connectivity index (χ4n) is 2.09. The molecular weight excluding hydrogens is 239 g/mol. The van der Waals surface area contributed by atoms with Crippen LogP contribution >= 0.6 is 0 Å². The summed E-state index contributed by atoms with van der Waals surface area (Å²) < 4.78 is 13.7. The smallest absolute Gasteiger partial charge is 0.147 e. The first kappa shape index (κ1) is 15.5. The Bertz CT molecular complexity index is 423. The molecule has 2 nitrogen and oxygen atoms in total. The molecule has 1 atom stereocenters. The maximum Gasteiger partial charge on any atom is 0.147 e. The Kier molecular flexibility index (Phi) is 6.95. The van der Waals surface area contributed by atoms with Gasteiger partial charge in [0.15, 0.2) is 0 Å². The molecule has 1 aromatic carbocycles. The lowest BCUT2D eigenvalue weighted by Crippen LogP contribution is -2.15. The van der Waals surface area contributed by atoms with Crippen LogP contribution in [0.1, 0.15) is 57.9 Å². The first-order valence-electron chi connectivity index (χ1n) is 7.13. The fraction of sp³-hybridized carbons (Fsp3) is 0.562. The third kappa shape index (κ3) is 5.74. The van der Waals surface area contributed by atoms with E-state index >= 15 is 0 Å². The quantitative estimate of drug-likeness (QED) is 0.679. The molecule has 1 unspecified atom stereocenters. The van der Waals surface area contributed by atoms with Crippen molar-refractivity contribution in [1.29, 1.82) is 5.26 Å². The number of nitrogens with one attached hydrogen (secondary N) is 1. The number of benzene rings is 1. The van der Waals surface area contributed by atoms with Crippen LogP contribution in [0.25, 0.3) is 0 Å². The first-order chi connectivity index (χ1) is 9.17. The largest absolute Gasteiger partial charge is 0.380 e. The number of halogens is 1. The number of nitrogens with zero attached hydrogens (tertiary/aromatic N) is 1. The van der Waals surface area contributed by atoms with Crippen molar-refractivity contribution in [2.75, 3.05) is 5.32 Å². The minimum absolute atomic E-state index is 0.254. The second kappa shape index (κ2) is 8.53. The van der Waals surface area contributed by atoms with E-state index in [1.807, 2.05) is 6.07 Å². The van der Waals surface area contributed by atoms with Crippen LogP contribution in [-0.2, 0) is 0 Å². The summed E-state index contributed by atoms with van der Waals surface area (Å²) in [4.78, 5) is 0. The van der Waals surface area contributed by atoms with Gasteiger partial charge in [-0.05, 0) is 31.5 Å². The van der Waals surface area contributed by atoms with Gasteiger partial charge >= 0.3 is 0 Å². The van der Waals surface area contributed by atoms with Crippen LogP contribution in [-0.4, -0.2) is 6.04 Å². The average Bonchev–Trinajstić information content (AvgIpc) is 2.41. The number of unbranched alkanes of at least 4 members (excludes halogenated alkanes) is 4. The minimum Gasteiger partial charge on any atom is -0.380 e. The molecule has 0 heterocycles. The zero-order chi connectivity index (χ0) is 14.1. The molecule has 1 N–H and O–H groups in total. The summed E-state index contributed by atoms with van der Waals surface area (Å²) in [5.41, 5.74) is 0.843. The zero-order valence-corrected chi connectivity index (χ0v) is 11.9. The van der Waals surface area contributed by atoms with Gasteiger partial charge in [0.2, 0.25) is 0 Å². The number of rotatable bonds is 8. The van der Waals surface area contributed by atoms with E-state index in [4.69, 9.17) is 5.26 Å². The topological polar surface area (TPSA) is 35.8 Å². The van der Waals surface area contributed by atoms with Gasteiger partial charge < -0.3 is 5.32 Å². The molecule has 0 saturated carbocycles. The molecule has 0 aliphatic rings. The van der Waals surface area contributed by atoms with E-state index in [1.165, 1.54) is 38.2 Å². The van der Waals surface area contributed by atoms with Crippen LogP contribution in [0.5, 0.6) is 0 Å². The summed E-state index contributed by atoms with van der Waals surface area (Å²) in [6, 6.07) is 6.74. The second-order valence-corrected chi connectivity index (χ2v) is 5.05. The van der Waals surface area contributed by atoms with Crippen molar-refractivity contribution in [2.24, 2.45) is 0 Å². The van der Waals surface area contributed by atoms with Crippen molar-refractivity contribution in [1.82, 2.24) is 0 Å². The molecule has 0 aromatic heterocycles. The van der Waals surface area contributed by atoms with Gasteiger partial charge in [0, 0.05) is 6.04 Å². The molecule has 1 aromatic rings. The lowest BCUT2D eigenvalue weighted by molar-refractivity contribution is 0.573. The molecule has 0 radical (unpaired) electrons. The summed E-state index contributed by atoms with van der Waals surface area (Å²) in [6.45, 7) is 4.27. The van der Waals surface area contributed by atoms with Gasteiger partial charge in [-0.25, -0.2) is 4.39 Å². The molecule has 3 heteroatoms. The second-order valence-electron chi connectivity index (χ2n) is 5.05. The van der Waals surface area contributed by atoms with Gasteiger partial charge in [0.25, 0.3) is 0 Å². The molecule has 0 saturated heterocycles. The number of hydrogen-bond donors (Lipinski definition) is 1. The SMILES string of the molecule is CCCCCCCC(C)Nc1ccc(C#N)cc1F. The third-order valence-corrected chi connectivity index (χ3v) is 3.24. The van der Waals surface area contributed by atoms with Crippen LogP contribution < -0.4 is 5.32 Å². The van der Waals surface area contributed by atoms with Crippen molar-refractivity contribution in [3.8, 4) is 6.07 Å². The predicted octanol–water partition coefficient (Wildman–Crippen LogP) is 4.86. The highest BCUT2D eigenvalue weighted by molar-refractivity contribution is 5.49. The van der Waals surface area contributed by atoms with Crippen LogP contribution in [0.3, 0.4) is 0 Å². The molecule has 0 fully saturated rings. The van der Waals surface area contributed by atoms with Crippen molar-refractivity contribution in [3.05, 3.63) is 29.6 Å². The maximum atomic E-state index is 13.7. The molecule has 0 spiro atoms. The van der Waals surface area contributed by atoms with E-state index in [0.717, 1.165) is 6.42 Å². The van der Waals surface area contributed by atoms with Crippen LogP contribution in [0, 0.1) is 17.1 Å². The van der Waals surface area contributed by atoms with E-state index < -0.39 is 0 Å². The average molecular weight is 262 g/mol. The summed E-state index contributed by atoms with van der Waals surface area (Å²) in [6.07, 6.45) is 7.30. The molecule has 0 bridgehead atoms. The predicted molar refractivity (Wildman–Crippen MR) is 77.6 cm³/mol. The van der Waals surface area contributed by atoms with Gasteiger partial charge in [0.1, 0.15) is 5.82 Å². The molecular formula is C16H23FN2. The van der Waals surface area contributed by atoms with E-state index in [1.54, 1.807) is 12.1 Å². The zero-order valence-electron chi connectivity index (χ0n) is 11.9. The van der Waals surface area contributed by atoms with Crippen LogP contribution in [0.15, 0.2) is 18.2 Å². The summed E-state index contributed by atoms with van der Waals surface area (Å²) in [5, 5.41) is 11.9. The Hall–Kier alpha value is -1.56. The maximum absolute atomic E-state index is 13.7. The van der Waals surface area contributed by atoms with Crippen molar-refractivity contribution < 1.29 is 4.39 Å². The molecule has 0 aliphatic carbocycles. The summed E-state index contributed by atoms with van der Waals surface area (Å²) >= 11 is 0. The minimum atomic E-state index is -0.350. The van der Waals surface area contributed by atoms with Crippen molar-refractivity contribution >= 4 is 5.69 Å². The van der Waals surface area contributed by atoms with Gasteiger partial charge in [-0.3, -0.25) is 0 Å². The lowest BCUT2D eigenvalue weighted by atomic mass is 10.1. The van der Waals surface area contributed by atoms with Gasteiger partial charge in [-0.1, -0.05) is 39.0 Å². The summed E-state index contributed by atoms with van der Waals surface area (Å²) in [7, 11) is 0. The number of anilines is 1. The molecule has 1 rings (SSSR count). The first-order valence-corrected chi connectivity index (χ1v) is 7.13. The van der Waals surface area contributed by atoms with Crippen LogP contribution in [0.2, 0.25) is 0 Å². The van der Waals surface area contributed by atoms with E-state index in [-0.39, 0.29) is 11.9 Å². The van der Waals surface area contributed by atoms with E-state index in [0.29, 0.717) is 11.3 Å². The van der Waals surface area contributed by atoms with Crippen molar-refractivity contribution in [2.45, 2.75) is 58.4 Å². The standard InChI is InChI=1S/C16H23FN2/c1-3-4-5-6-7-8-13(2)19-16-10-9-14(12-18)11-15(16)17/h9-11,13,19H,3-8H2,1-2H3. The Balaban J connectivity index is 2.36. The number of nitriles is 1. The van der Waals surface area contributed by atoms with Gasteiger partial charge in [-0.15, -0.1) is 0 Å². The molecule has 0 amide bonds. The highest BCUT2D eigenvalue weighted by atomic mass is 19.1. The summed E-state index contributed by atoms with van der Waals surface area (Å²) in [5.74, 6) is -0.350. The number of hydrogen-bond acceptors (Lipinski definition) is 2. The highest BCUT2D eigenvalue weighted by Gasteiger charge is 2.07. The normalized spacial score (nSPS) is 11.9. The lowest BCUT2D eigenvalue weighted by Gasteiger charge is -2.15. The Morgan fingerprint density at radius 2 is 2.00 bits per heavy atom. The fourth-order valence-corrected chi connectivity index (χ4v) is 2.09. The van der Waals surface area contributed by atoms with E-state index in [9.17, 15) is 4.39 Å². The van der Waals surface area contributed by atoms with Gasteiger partial charge in [0.05, 0.1) is 17.3 Å². The Morgan fingerprint density at radius 3 is 2.63 bits per heavy atom. The van der Waals surface area contributed by atoms with E-state index in [2.05, 4.69) is 19.2 Å². The monoisotopic (exact) mass is 262 g/mol. The van der Waals surface area contributed by atoms with Crippen molar-refractivity contribution in [3.63, 3.8) is 0 Å². The van der Waals surface area contributed by atoms with Gasteiger partial charge in [-0.2, -0.15) is 5.26 Å².